The zero-order valence-electron chi connectivity index (χ0n) is 10.5. The number of carbonyl (C=O) groups excluding carboxylic acids is 1. The van der Waals surface area contributed by atoms with Gasteiger partial charge in [-0.2, -0.15) is 4.72 Å². The van der Waals surface area contributed by atoms with Crippen molar-refractivity contribution in [2.45, 2.75) is 17.9 Å². The van der Waals surface area contributed by atoms with Gasteiger partial charge in [0.2, 0.25) is 10.0 Å². The van der Waals surface area contributed by atoms with Gasteiger partial charge in [0, 0.05) is 10.5 Å². The number of benzene rings is 1. The Morgan fingerprint density at radius 1 is 1.50 bits per heavy atom. The van der Waals surface area contributed by atoms with Crippen LogP contribution in [-0.2, 0) is 19.6 Å². The van der Waals surface area contributed by atoms with Crippen molar-refractivity contribution in [2.75, 3.05) is 7.11 Å². The Morgan fingerprint density at radius 2 is 2.10 bits per heavy atom. The Bertz CT molecular complexity index is 645. The number of methoxy groups -OCH3 is 1. The van der Waals surface area contributed by atoms with Crippen molar-refractivity contribution in [1.29, 1.82) is 0 Å². The molecule has 0 saturated carbocycles. The molecular weight excluding hydrogens is 356 g/mol. The van der Waals surface area contributed by atoms with Gasteiger partial charge >= 0.3 is 5.97 Å². The summed E-state index contributed by atoms with van der Waals surface area (Å²) in [5, 5.41) is 10.9. The van der Waals surface area contributed by atoms with Crippen LogP contribution in [0.4, 0.5) is 5.69 Å². The van der Waals surface area contributed by atoms with Crippen molar-refractivity contribution >= 4 is 37.6 Å². The first kappa shape index (κ1) is 16.5. The first-order chi connectivity index (χ1) is 9.19. The van der Waals surface area contributed by atoms with E-state index in [1.165, 1.54) is 13.0 Å². The Morgan fingerprint density at radius 3 is 2.60 bits per heavy atom. The van der Waals surface area contributed by atoms with Crippen LogP contribution in [0.5, 0.6) is 0 Å². The third-order valence-corrected chi connectivity index (χ3v) is 4.36. The van der Waals surface area contributed by atoms with Crippen LogP contribution in [0, 0.1) is 10.1 Å². The lowest BCUT2D eigenvalue weighted by Gasteiger charge is -2.12. The monoisotopic (exact) mass is 366 g/mol. The van der Waals surface area contributed by atoms with Gasteiger partial charge in [-0.1, -0.05) is 15.9 Å². The van der Waals surface area contributed by atoms with Gasteiger partial charge < -0.3 is 4.74 Å². The normalized spacial score (nSPS) is 12.8. The Kier molecular flexibility index (Phi) is 5.20. The average molecular weight is 367 g/mol. The molecule has 1 aromatic carbocycles. The molecule has 20 heavy (non-hydrogen) atoms. The summed E-state index contributed by atoms with van der Waals surface area (Å²) in [6.07, 6.45) is 0. The summed E-state index contributed by atoms with van der Waals surface area (Å²) in [4.78, 5) is 20.7. The molecule has 1 rings (SSSR count). The molecule has 0 aliphatic carbocycles. The molecule has 0 heterocycles. The molecule has 0 bridgehead atoms. The van der Waals surface area contributed by atoms with Crippen molar-refractivity contribution in [2.24, 2.45) is 0 Å². The number of sulfonamides is 1. The summed E-state index contributed by atoms with van der Waals surface area (Å²) < 4.78 is 31.0. The highest BCUT2D eigenvalue weighted by molar-refractivity contribution is 9.10. The van der Waals surface area contributed by atoms with Gasteiger partial charge in [-0.15, -0.1) is 0 Å². The number of nitrogens with zero attached hydrogens (tertiary/aromatic N) is 1. The molecule has 10 heteroatoms. The highest BCUT2D eigenvalue weighted by atomic mass is 79.9. The minimum atomic E-state index is -4.24. The fourth-order valence-electron chi connectivity index (χ4n) is 1.38. The summed E-state index contributed by atoms with van der Waals surface area (Å²) in [6.45, 7) is 1.27. The molecule has 1 atom stereocenters. The maximum absolute atomic E-state index is 12.1. The van der Waals surface area contributed by atoms with Crippen LogP contribution in [0.1, 0.15) is 6.92 Å². The van der Waals surface area contributed by atoms with Crippen LogP contribution in [0.2, 0.25) is 0 Å². The Labute approximate surface area is 123 Å². The minimum absolute atomic E-state index is 0.356. The number of carbonyl (C=O) groups is 1. The lowest BCUT2D eigenvalue weighted by molar-refractivity contribution is -0.387. The van der Waals surface area contributed by atoms with Gasteiger partial charge in [-0.05, 0) is 19.1 Å². The maximum Gasteiger partial charge on any atom is 0.323 e. The molecule has 110 valence electrons. The Balaban J connectivity index is 3.25. The van der Waals surface area contributed by atoms with Crippen LogP contribution < -0.4 is 4.72 Å². The number of rotatable bonds is 5. The van der Waals surface area contributed by atoms with Gasteiger partial charge in [0.05, 0.1) is 12.0 Å². The quantitative estimate of drug-likeness (QED) is 0.475. The van der Waals surface area contributed by atoms with E-state index in [4.69, 9.17) is 0 Å². The first-order valence-electron chi connectivity index (χ1n) is 5.23. The van der Waals surface area contributed by atoms with Crippen molar-refractivity contribution in [3.8, 4) is 0 Å². The van der Waals surface area contributed by atoms with E-state index < -0.39 is 37.5 Å². The number of hydrogen-bond donors (Lipinski definition) is 1. The van der Waals surface area contributed by atoms with E-state index in [9.17, 15) is 23.3 Å². The summed E-state index contributed by atoms with van der Waals surface area (Å²) in [5.74, 6) is -0.800. The van der Waals surface area contributed by atoms with E-state index in [0.717, 1.165) is 19.2 Å². The number of hydrogen-bond acceptors (Lipinski definition) is 6. The molecule has 8 nitrogen and oxygen atoms in total. The van der Waals surface area contributed by atoms with Crippen molar-refractivity contribution in [3.05, 3.63) is 32.8 Å². The molecule has 0 saturated heterocycles. The lowest BCUT2D eigenvalue weighted by atomic mass is 10.3. The predicted octanol–water partition coefficient (Wildman–Crippen LogP) is 1.20. The highest BCUT2D eigenvalue weighted by Crippen LogP contribution is 2.27. The Hall–Kier alpha value is -1.52. The van der Waals surface area contributed by atoms with Crippen LogP contribution in [0.15, 0.2) is 27.6 Å². The van der Waals surface area contributed by atoms with Crippen LogP contribution >= 0.6 is 15.9 Å². The van der Waals surface area contributed by atoms with Crippen LogP contribution in [0.25, 0.3) is 0 Å². The van der Waals surface area contributed by atoms with E-state index in [0.29, 0.717) is 4.47 Å². The third-order valence-electron chi connectivity index (χ3n) is 2.29. The summed E-state index contributed by atoms with van der Waals surface area (Å²) in [7, 11) is -3.13. The zero-order valence-corrected chi connectivity index (χ0v) is 12.9. The van der Waals surface area contributed by atoms with Crippen LogP contribution in [0.3, 0.4) is 0 Å². The van der Waals surface area contributed by atoms with E-state index in [2.05, 4.69) is 20.7 Å². The van der Waals surface area contributed by atoms with Gasteiger partial charge in [-0.25, -0.2) is 8.42 Å². The van der Waals surface area contributed by atoms with Crippen LogP contribution in [-0.4, -0.2) is 32.5 Å². The summed E-state index contributed by atoms with van der Waals surface area (Å²) in [6, 6.07) is 2.33. The number of ether oxygens (including phenoxy) is 1. The smallest absolute Gasteiger partial charge is 0.323 e. The van der Waals surface area contributed by atoms with Crippen molar-refractivity contribution in [3.63, 3.8) is 0 Å². The molecule has 0 amide bonds. The second-order valence-corrected chi connectivity index (χ2v) is 6.33. The average Bonchev–Trinajstić information content (AvgIpc) is 2.36. The van der Waals surface area contributed by atoms with Gasteiger partial charge in [0.15, 0.2) is 4.90 Å². The SMILES string of the molecule is COC(=O)[C@H](C)NS(=O)(=O)c1cc(Br)ccc1[N+](=O)[O-]. The van der Waals surface area contributed by atoms with Crippen molar-refractivity contribution < 1.29 is 22.9 Å². The van der Waals surface area contributed by atoms with Gasteiger partial charge in [0.1, 0.15) is 6.04 Å². The number of nitrogens with one attached hydrogen (secondary N) is 1. The fourth-order valence-corrected chi connectivity index (χ4v) is 3.28. The first-order valence-corrected chi connectivity index (χ1v) is 7.50. The van der Waals surface area contributed by atoms with E-state index in [1.54, 1.807) is 0 Å². The number of halogens is 1. The lowest BCUT2D eigenvalue weighted by Crippen LogP contribution is -2.39. The second-order valence-electron chi connectivity index (χ2n) is 3.74. The van der Waals surface area contributed by atoms with Gasteiger partial charge in [0.25, 0.3) is 5.69 Å². The van der Waals surface area contributed by atoms with Gasteiger partial charge in [-0.3, -0.25) is 14.9 Å². The standard InChI is InChI=1S/C10H11BrN2O6S/c1-6(10(14)19-2)12-20(17,18)9-5-7(11)3-4-8(9)13(15)16/h3-6,12H,1-2H3/t6-/m0/s1. The molecule has 0 spiro atoms. The molecule has 1 N–H and O–H groups in total. The molecule has 0 fully saturated rings. The highest BCUT2D eigenvalue weighted by Gasteiger charge is 2.29. The largest absolute Gasteiger partial charge is 0.468 e. The van der Waals surface area contributed by atoms with Crippen molar-refractivity contribution in [1.82, 2.24) is 4.72 Å². The summed E-state index contributed by atoms with van der Waals surface area (Å²) in [5.41, 5.74) is -0.585. The molecule has 0 aromatic heterocycles. The second kappa shape index (κ2) is 6.29. The molecule has 0 unspecified atom stereocenters. The molecule has 0 aliphatic rings. The zero-order chi connectivity index (χ0) is 15.5. The topological polar surface area (TPSA) is 116 Å². The fraction of sp³-hybridized carbons (Fsp3) is 0.300. The molecule has 1 aromatic rings. The number of nitro groups is 1. The predicted molar refractivity (Wildman–Crippen MR) is 72.6 cm³/mol. The number of esters is 1. The minimum Gasteiger partial charge on any atom is -0.468 e. The molecular formula is C10H11BrN2O6S. The summed E-state index contributed by atoms with van der Waals surface area (Å²) >= 11 is 3.04. The number of nitro benzene ring substituents is 1. The third kappa shape index (κ3) is 3.74. The van der Waals surface area contributed by atoms with E-state index >= 15 is 0 Å². The van der Waals surface area contributed by atoms with E-state index in [1.807, 2.05) is 4.72 Å². The van der Waals surface area contributed by atoms with E-state index in [-0.39, 0.29) is 0 Å². The maximum atomic E-state index is 12.1. The molecule has 0 radical (unpaired) electrons. The molecule has 0 aliphatic heterocycles.